The number of ether oxygens (including phenoxy) is 1. The largest absolute Gasteiger partial charge is 0.478 e. The van der Waals surface area contributed by atoms with Crippen LogP contribution < -0.4 is 4.90 Å². The van der Waals surface area contributed by atoms with E-state index in [0.717, 1.165) is 57.8 Å². The van der Waals surface area contributed by atoms with Gasteiger partial charge in [-0.2, -0.15) is 0 Å². The SMILES string of the molecule is Cc1nc(-c2ccc(Cl)cc2)sc1COC[C@@H]1CCCN(c2cccc(C(=O)O)c2)C1. The molecule has 0 amide bonds. The van der Waals surface area contributed by atoms with Crippen LogP contribution in [-0.4, -0.2) is 35.8 Å². The van der Waals surface area contributed by atoms with Gasteiger partial charge in [-0.25, -0.2) is 9.78 Å². The predicted molar refractivity (Wildman–Crippen MR) is 125 cm³/mol. The van der Waals surface area contributed by atoms with E-state index in [0.29, 0.717) is 24.7 Å². The standard InChI is InChI=1S/C24H25ClN2O3S/c1-16-22(31-23(26-16)18-7-9-20(25)10-8-18)15-30-14-17-4-3-11-27(13-17)21-6-2-5-19(12-21)24(28)29/h2,5-10,12,17H,3-4,11,13-15H2,1H3,(H,28,29)/t17-/m1/s1. The van der Waals surface area contributed by atoms with Crippen LogP contribution in [0.15, 0.2) is 48.5 Å². The van der Waals surface area contributed by atoms with E-state index in [4.69, 9.17) is 16.3 Å². The zero-order valence-electron chi connectivity index (χ0n) is 17.4. The number of rotatable bonds is 7. The Balaban J connectivity index is 1.33. The van der Waals surface area contributed by atoms with Crippen LogP contribution in [0.3, 0.4) is 0 Å². The maximum Gasteiger partial charge on any atom is 0.335 e. The Kier molecular flexibility index (Phi) is 6.90. The van der Waals surface area contributed by atoms with Crippen molar-refractivity contribution < 1.29 is 14.6 Å². The zero-order chi connectivity index (χ0) is 21.8. The molecule has 0 aliphatic carbocycles. The van der Waals surface area contributed by atoms with Crippen LogP contribution in [0.5, 0.6) is 0 Å². The number of thiazole rings is 1. The van der Waals surface area contributed by atoms with Gasteiger partial charge in [0.25, 0.3) is 0 Å². The highest BCUT2D eigenvalue weighted by Gasteiger charge is 2.21. The monoisotopic (exact) mass is 456 g/mol. The Morgan fingerprint density at radius 2 is 2.10 bits per heavy atom. The molecule has 2 aromatic carbocycles. The molecular formula is C24H25ClN2O3S. The smallest absolute Gasteiger partial charge is 0.335 e. The van der Waals surface area contributed by atoms with E-state index in [2.05, 4.69) is 9.88 Å². The van der Waals surface area contributed by atoms with Crippen molar-refractivity contribution in [1.82, 2.24) is 4.98 Å². The lowest BCUT2D eigenvalue weighted by atomic mass is 9.98. The summed E-state index contributed by atoms with van der Waals surface area (Å²) in [5, 5.41) is 10.9. The number of halogens is 1. The highest BCUT2D eigenvalue weighted by Crippen LogP contribution is 2.30. The van der Waals surface area contributed by atoms with Crippen molar-refractivity contribution in [3.63, 3.8) is 0 Å². The summed E-state index contributed by atoms with van der Waals surface area (Å²) in [4.78, 5) is 19.4. The Labute approximate surface area is 191 Å². The highest BCUT2D eigenvalue weighted by molar-refractivity contribution is 7.15. The topological polar surface area (TPSA) is 62.7 Å². The molecule has 1 aliphatic heterocycles. The van der Waals surface area contributed by atoms with Gasteiger partial charge >= 0.3 is 5.97 Å². The minimum Gasteiger partial charge on any atom is -0.478 e. The van der Waals surface area contributed by atoms with Crippen molar-refractivity contribution in [3.8, 4) is 10.6 Å². The lowest BCUT2D eigenvalue weighted by Gasteiger charge is -2.34. The number of aromatic nitrogens is 1. The summed E-state index contributed by atoms with van der Waals surface area (Å²) in [5.41, 5.74) is 3.37. The normalized spacial score (nSPS) is 16.5. The van der Waals surface area contributed by atoms with E-state index in [1.165, 1.54) is 0 Å². The maximum absolute atomic E-state index is 11.3. The summed E-state index contributed by atoms with van der Waals surface area (Å²) < 4.78 is 6.08. The number of aryl methyl sites for hydroxylation is 1. The summed E-state index contributed by atoms with van der Waals surface area (Å²) in [6.45, 7) is 5.08. The highest BCUT2D eigenvalue weighted by atomic mass is 35.5. The second-order valence-electron chi connectivity index (χ2n) is 7.86. The third-order valence-corrected chi connectivity index (χ3v) is 6.98. The number of carboxylic acid groups (broad SMARTS) is 1. The van der Waals surface area contributed by atoms with Crippen molar-refractivity contribution in [1.29, 1.82) is 0 Å². The molecule has 0 radical (unpaired) electrons. The molecule has 0 unspecified atom stereocenters. The van der Waals surface area contributed by atoms with Gasteiger partial charge in [-0.05, 0) is 56.0 Å². The van der Waals surface area contributed by atoms with Crippen molar-refractivity contribution in [2.75, 3.05) is 24.6 Å². The van der Waals surface area contributed by atoms with Gasteiger partial charge in [-0.1, -0.05) is 29.8 Å². The van der Waals surface area contributed by atoms with Crippen LogP contribution in [0.25, 0.3) is 10.6 Å². The number of benzene rings is 2. The number of aromatic carboxylic acids is 1. The second kappa shape index (κ2) is 9.81. The van der Waals surface area contributed by atoms with Crippen LogP contribution in [-0.2, 0) is 11.3 Å². The molecule has 0 saturated carbocycles. The van der Waals surface area contributed by atoms with Gasteiger partial charge in [0, 0.05) is 29.4 Å². The minimum atomic E-state index is -0.892. The fraction of sp³-hybridized carbons (Fsp3) is 0.333. The van der Waals surface area contributed by atoms with Gasteiger partial charge in [-0.15, -0.1) is 11.3 Å². The van der Waals surface area contributed by atoms with Crippen molar-refractivity contribution in [2.24, 2.45) is 5.92 Å². The quantitative estimate of drug-likeness (QED) is 0.479. The van der Waals surface area contributed by atoms with E-state index in [1.807, 2.05) is 43.3 Å². The summed E-state index contributed by atoms with van der Waals surface area (Å²) in [6.07, 6.45) is 2.19. The lowest BCUT2D eigenvalue weighted by molar-refractivity contribution is 0.0696. The molecule has 1 atom stereocenters. The Morgan fingerprint density at radius 3 is 2.87 bits per heavy atom. The first kappa shape index (κ1) is 21.8. The van der Waals surface area contributed by atoms with E-state index >= 15 is 0 Å². The van der Waals surface area contributed by atoms with Crippen molar-refractivity contribution in [3.05, 3.63) is 69.7 Å². The van der Waals surface area contributed by atoms with Gasteiger partial charge in [-0.3, -0.25) is 0 Å². The van der Waals surface area contributed by atoms with E-state index in [1.54, 1.807) is 23.5 Å². The number of hydrogen-bond acceptors (Lipinski definition) is 5. The molecule has 1 aliphatic rings. The Bertz CT molecular complexity index is 1050. The second-order valence-corrected chi connectivity index (χ2v) is 9.38. The van der Waals surface area contributed by atoms with Gasteiger partial charge in [0.2, 0.25) is 0 Å². The molecule has 162 valence electrons. The number of carboxylic acids is 1. The van der Waals surface area contributed by atoms with E-state index < -0.39 is 5.97 Å². The number of carbonyl (C=O) groups is 1. The van der Waals surface area contributed by atoms with Crippen LogP contribution in [0.4, 0.5) is 5.69 Å². The van der Waals surface area contributed by atoms with Crippen LogP contribution in [0.2, 0.25) is 5.02 Å². The van der Waals surface area contributed by atoms with E-state index in [-0.39, 0.29) is 0 Å². The van der Waals surface area contributed by atoms with Gasteiger partial charge in [0.05, 0.1) is 29.3 Å². The molecule has 5 nitrogen and oxygen atoms in total. The lowest BCUT2D eigenvalue weighted by Crippen LogP contribution is -2.37. The predicted octanol–water partition coefficient (Wildman–Crippen LogP) is 5.90. The van der Waals surface area contributed by atoms with Crippen LogP contribution >= 0.6 is 22.9 Å². The Hall–Kier alpha value is -2.41. The molecule has 7 heteroatoms. The number of anilines is 1. The molecule has 1 aromatic heterocycles. The average molecular weight is 457 g/mol. The number of nitrogens with zero attached hydrogens (tertiary/aromatic N) is 2. The molecule has 1 fully saturated rings. The molecule has 4 rings (SSSR count). The molecule has 1 N–H and O–H groups in total. The summed E-state index contributed by atoms with van der Waals surface area (Å²) in [6, 6.07) is 14.9. The molecule has 31 heavy (non-hydrogen) atoms. The third kappa shape index (κ3) is 5.45. The molecule has 2 heterocycles. The van der Waals surface area contributed by atoms with Crippen molar-refractivity contribution in [2.45, 2.75) is 26.4 Å². The molecule has 0 spiro atoms. The fourth-order valence-corrected chi connectivity index (χ4v) is 5.00. The molecular weight excluding hydrogens is 432 g/mol. The Morgan fingerprint density at radius 1 is 1.29 bits per heavy atom. The van der Waals surface area contributed by atoms with Crippen LogP contribution in [0.1, 0.15) is 33.8 Å². The average Bonchev–Trinajstić information content (AvgIpc) is 3.15. The van der Waals surface area contributed by atoms with Crippen LogP contribution in [0, 0.1) is 12.8 Å². The number of hydrogen-bond donors (Lipinski definition) is 1. The summed E-state index contributed by atoms with van der Waals surface area (Å²) in [5.74, 6) is -0.470. The first-order valence-corrected chi connectivity index (χ1v) is 11.6. The zero-order valence-corrected chi connectivity index (χ0v) is 19.0. The first-order valence-electron chi connectivity index (χ1n) is 10.4. The number of piperidine rings is 1. The van der Waals surface area contributed by atoms with Crippen molar-refractivity contribution >= 4 is 34.6 Å². The third-order valence-electron chi connectivity index (χ3n) is 5.55. The van der Waals surface area contributed by atoms with E-state index in [9.17, 15) is 9.90 Å². The summed E-state index contributed by atoms with van der Waals surface area (Å²) >= 11 is 7.64. The minimum absolute atomic E-state index is 0.327. The van der Waals surface area contributed by atoms with Gasteiger partial charge in [0.1, 0.15) is 5.01 Å². The summed E-state index contributed by atoms with van der Waals surface area (Å²) in [7, 11) is 0. The van der Waals surface area contributed by atoms with Gasteiger partial charge < -0.3 is 14.7 Å². The maximum atomic E-state index is 11.3. The molecule has 3 aromatic rings. The first-order chi connectivity index (χ1) is 15.0. The molecule has 0 bridgehead atoms. The molecule has 1 saturated heterocycles. The fourth-order valence-electron chi connectivity index (χ4n) is 3.87. The van der Waals surface area contributed by atoms with Gasteiger partial charge in [0.15, 0.2) is 0 Å².